The van der Waals surface area contributed by atoms with Crippen molar-refractivity contribution < 1.29 is 19.4 Å². The summed E-state index contributed by atoms with van der Waals surface area (Å²) in [5.41, 5.74) is 0. The molecule has 1 unspecified atom stereocenters. The fraction of sp³-hybridized carbons (Fsp3) is 0.400. The quantitative estimate of drug-likeness (QED) is 0.895. The summed E-state index contributed by atoms with van der Waals surface area (Å²) in [7, 11) is 0. The molecule has 0 bridgehead atoms. The minimum atomic E-state index is -1.03. The van der Waals surface area contributed by atoms with Crippen LogP contribution in [0.25, 0.3) is 0 Å². The van der Waals surface area contributed by atoms with Gasteiger partial charge in [-0.2, -0.15) is 0 Å². The maximum Gasteiger partial charge on any atom is 0.334 e. The van der Waals surface area contributed by atoms with Gasteiger partial charge in [-0.3, -0.25) is 4.79 Å². The Hall–Kier alpha value is -0.920. The first-order valence-corrected chi connectivity index (χ1v) is 6.58. The average Bonchev–Trinajstić information content (AvgIpc) is 2.75. The van der Waals surface area contributed by atoms with E-state index in [1.54, 1.807) is 12.1 Å². The van der Waals surface area contributed by atoms with Crippen LogP contribution in [0.2, 0.25) is 0 Å². The summed E-state index contributed by atoms with van der Waals surface area (Å²) in [6, 6.07) is 3.52. The third kappa shape index (κ3) is 2.85. The zero-order valence-electron chi connectivity index (χ0n) is 8.76. The van der Waals surface area contributed by atoms with Gasteiger partial charge in [0.25, 0.3) is 5.91 Å². The van der Waals surface area contributed by atoms with Crippen LogP contribution < -0.4 is 0 Å². The van der Waals surface area contributed by atoms with Gasteiger partial charge in [0.2, 0.25) is 0 Å². The van der Waals surface area contributed by atoms with E-state index in [2.05, 4.69) is 15.9 Å². The van der Waals surface area contributed by atoms with E-state index in [-0.39, 0.29) is 19.1 Å². The highest BCUT2D eigenvalue weighted by molar-refractivity contribution is 9.11. The molecule has 17 heavy (non-hydrogen) atoms. The smallest absolute Gasteiger partial charge is 0.334 e. The van der Waals surface area contributed by atoms with E-state index in [0.717, 1.165) is 3.79 Å². The van der Waals surface area contributed by atoms with E-state index >= 15 is 0 Å². The van der Waals surface area contributed by atoms with Crippen LogP contribution in [0.5, 0.6) is 0 Å². The van der Waals surface area contributed by atoms with E-state index in [9.17, 15) is 9.59 Å². The molecule has 0 spiro atoms. The third-order valence-electron chi connectivity index (χ3n) is 2.41. The molecule has 1 aliphatic rings. The summed E-state index contributed by atoms with van der Waals surface area (Å²) in [5, 5.41) is 8.84. The molecule has 2 heterocycles. The lowest BCUT2D eigenvalue weighted by Gasteiger charge is -2.30. The molecule has 1 aliphatic heterocycles. The SMILES string of the molecule is O=C(O)C1CN(C(=O)c2ccc(Br)s2)CCO1. The lowest BCUT2D eigenvalue weighted by molar-refractivity contribution is -0.154. The number of hydrogen-bond acceptors (Lipinski definition) is 4. The number of morpholine rings is 1. The van der Waals surface area contributed by atoms with Gasteiger partial charge in [0, 0.05) is 6.54 Å². The Balaban J connectivity index is 2.07. The van der Waals surface area contributed by atoms with Crippen molar-refractivity contribution in [1.82, 2.24) is 4.90 Å². The predicted molar refractivity (Wildman–Crippen MR) is 65.3 cm³/mol. The van der Waals surface area contributed by atoms with Gasteiger partial charge < -0.3 is 14.7 Å². The van der Waals surface area contributed by atoms with Gasteiger partial charge in [-0.25, -0.2) is 4.79 Å². The van der Waals surface area contributed by atoms with Crippen molar-refractivity contribution in [2.24, 2.45) is 0 Å². The van der Waals surface area contributed by atoms with Gasteiger partial charge in [-0.1, -0.05) is 0 Å². The first-order valence-electron chi connectivity index (χ1n) is 4.97. The Bertz CT molecular complexity index is 447. The van der Waals surface area contributed by atoms with Crippen LogP contribution >= 0.6 is 27.3 Å². The average molecular weight is 320 g/mol. The minimum Gasteiger partial charge on any atom is -0.479 e. The summed E-state index contributed by atoms with van der Waals surface area (Å²) in [4.78, 5) is 25.0. The highest BCUT2D eigenvalue weighted by Gasteiger charge is 2.29. The number of hydrogen-bond donors (Lipinski definition) is 1. The van der Waals surface area contributed by atoms with Crippen LogP contribution in [-0.2, 0) is 9.53 Å². The molecule has 0 aromatic carbocycles. The van der Waals surface area contributed by atoms with Crippen molar-refractivity contribution in [3.05, 3.63) is 20.8 Å². The number of aliphatic carboxylic acids is 1. The van der Waals surface area contributed by atoms with Crippen LogP contribution in [0.15, 0.2) is 15.9 Å². The molecular formula is C10H10BrNO4S. The number of rotatable bonds is 2. The molecule has 1 aromatic heterocycles. The number of carboxylic acids is 1. The number of carbonyl (C=O) groups is 2. The number of carboxylic acid groups (broad SMARTS) is 1. The molecule has 0 radical (unpaired) electrons. The second-order valence-electron chi connectivity index (χ2n) is 3.55. The Labute approximate surface area is 110 Å². The lowest BCUT2D eigenvalue weighted by atomic mass is 10.2. The molecule has 1 atom stereocenters. The van der Waals surface area contributed by atoms with Gasteiger partial charge >= 0.3 is 5.97 Å². The standard InChI is InChI=1S/C10H10BrNO4S/c11-8-2-1-7(17-8)9(13)12-3-4-16-6(5-12)10(14)15/h1-2,6H,3-5H2,(H,14,15). The summed E-state index contributed by atoms with van der Waals surface area (Å²) in [6.07, 6.45) is -0.920. The maximum absolute atomic E-state index is 12.0. The Kier molecular flexibility index (Phi) is 3.80. The molecule has 92 valence electrons. The number of amides is 1. The first kappa shape index (κ1) is 12.5. The molecule has 1 saturated heterocycles. The Morgan fingerprint density at radius 2 is 2.29 bits per heavy atom. The molecule has 5 nitrogen and oxygen atoms in total. The van der Waals surface area contributed by atoms with Crippen molar-refractivity contribution in [1.29, 1.82) is 0 Å². The number of nitrogens with zero attached hydrogens (tertiary/aromatic N) is 1. The summed E-state index contributed by atoms with van der Waals surface area (Å²) < 4.78 is 5.94. The molecule has 1 N–H and O–H groups in total. The molecule has 2 rings (SSSR count). The van der Waals surface area contributed by atoms with Crippen molar-refractivity contribution >= 4 is 39.1 Å². The van der Waals surface area contributed by atoms with Crippen LogP contribution in [0.3, 0.4) is 0 Å². The van der Waals surface area contributed by atoms with Crippen LogP contribution in [-0.4, -0.2) is 47.7 Å². The predicted octanol–water partition coefficient (Wildman–Crippen LogP) is 1.44. The van der Waals surface area contributed by atoms with E-state index in [1.165, 1.54) is 16.2 Å². The Morgan fingerprint density at radius 1 is 1.53 bits per heavy atom. The van der Waals surface area contributed by atoms with Gasteiger partial charge in [0.05, 0.1) is 21.8 Å². The van der Waals surface area contributed by atoms with Crippen LogP contribution in [0.4, 0.5) is 0 Å². The molecule has 1 fully saturated rings. The second-order valence-corrected chi connectivity index (χ2v) is 6.02. The number of thiophene rings is 1. The maximum atomic E-state index is 12.0. The zero-order valence-corrected chi connectivity index (χ0v) is 11.2. The van der Waals surface area contributed by atoms with Gasteiger partial charge in [-0.15, -0.1) is 11.3 Å². The lowest BCUT2D eigenvalue weighted by Crippen LogP contribution is -2.48. The minimum absolute atomic E-state index is 0.101. The number of halogens is 1. The molecule has 1 amide bonds. The van der Waals surface area contributed by atoms with Crippen LogP contribution in [0, 0.1) is 0 Å². The van der Waals surface area contributed by atoms with E-state index < -0.39 is 12.1 Å². The normalized spacial score (nSPS) is 20.3. The zero-order chi connectivity index (χ0) is 12.4. The van der Waals surface area contributed by atoms with E-state index in [0.29, 0.717) is 11.4 Å². The highest BCUT2D eigenvalue weighted by atomic mass is 79.9. The third-order valence-corrected chi connectivity index (χ3v) is 4.02. The summed E-state index contributed by atoms with van der Waals surface area (Å²) in [6.45, 7) is 0.789. The molecular weight excluding hydrogens is 310 g/mol. The first-order chi connectivity index (χ1) is 8.08. The Morgan fingerprint density at radius 3 is 2.88 bits per heavy atom. The van der Waals surface area contributed by atoms with Gasteiger partial charge in [0.1, 0.15) is 0 Å². The fourth-order valence-electron chi connectivity index (χ4n) is 1.57. The molecule has 0 saturated carbocycles. The van der Waals surface area contributed by atoms with Crippen molar-refractivity contribution in [3.63, 3.8) is 0 Å². The number of carbonyl (C=O) groups excluding carboxylic acids is 1. The van der Waals surface area contributed by atoms with Gasteiger partial charge in [0.15, 0.2) is 6.10 Å². The van der Waals surface area contributed by atoms with Gasteiger partial charge in [-0.05, 0) is 28.1 Å². The van der Waals surface area contributed by atoms with Crippen molar-refractivity contribution in [3.8, 4) is 0 Å². The molecule has 7 heteroatoms. The molecule has 0 aliphatic carbocycles. The van der Waals surface area contributed by atoms with E-state index in [4.69, 9.17) is 9.84 Å². The number of ether oxygens (including phenoxy) is 1. The summed E-state index contributed by atoms with van der Waals surface area (Å²) >= 11 is 4.62. The van der Waals surface area contributed by atoms with Crippen molar-refractivity contribution in [2.45, 2.75) is 6.10 Å². The van der Waals surface area contributed by atoms with E-state index in [1.807, 2.05) is 0 Å². The summed E-state index contributed by atoms with van der Waals surface area (Å²) in [5.74, 6) is -1.18. The monoisotopic (exact) mass is 319 g/mol. The largest absolute Gasteiger partial charge is 0.479 e. The highest BCUT2D eigenvalue weighted by Crippen LogP contribution is 2.24. The van der Waals surface area contributed by atoms with Crippen molar-refractivity contribution in [2.75, 3.05) is 19.7 Å². The second kappa shape index (κ2) is 5.16. The van der Waals surface area contributed by atoms with Crippen LogP contribution in [0.1, 0.15) is 9.67 Å². The fourth-order valence-corrected chi connectivity index (χ4v) is 2.92. The molecule has 1 aromatic rings. The topological polar surface area (TPSA) is 66.8 Å².